The minimum atomic E-state index is 0.191. The Morgan fingerprint density at radius 2 is 1.89 bits per heavy atom. The van der Waals surface area contributed by atoms with Crippen molar-refractivity contribution < 1.29 is 0 Å². The number of nitrogens with two attached hydrogens (primary N) is 1. The van der Waals surface area contributed by atoms with Crippen molar-refractivity contribution in [3.8, 4) is 0 Å². The van der Waals surface area contributed by atoms with Crippen LogP contribution in [0, 0.1) is 0 Å². The monoisotopic (exact) mass is 333 g/mol. The Morgan fingerprint density at radius 3 is 2.68 bits per heavy atom. The lowest BCUT2D eigenvalue weighted by Gasteiger charge is -2.18. The Hall–Kier alpha value is -0.770. The van der Waals surface area contributed by atoms with E-state index in [0.717, 1.165) is 17.3 Å². The van der Waals surface area contributed by atoms with Crippen molar-refractivity contribution >= 4 is 27.7 Å². The SMILES string of the molecule is NC(Cc1ccccc1Br)C1Cc2ccccc2S1. The van der Waals surface area contributed by atoms with Gasteiger partial charge in [0, 0.05) is 20.7 Å². The Kier molecular flexibility index (Phi) is 3.96. The van der Waals surface area contributed by atoms with Crippen molar-refractivity contribution in [1.82, 2.24) is 0 Å². The Morgan fingerprint density at radius 1 is 1.16 bits per heavy atom. The summed E-state index contributed by atoms with van der Waals surface area (Å²) in [6, 6.07) is 17.2. The summed E-state index contributed by atoms with van der Waals surface area (Å²) in [5.41, 5.74) is 9.16. The van der Waals surface area contributed by atoms with Crippen LogP contribution in [-0.4, -0.2) is 11.3 Å². The topological polar surface area (TPSA) is 26.0 Å². The summed E-state index contributed by atoms with van der Waals surface area (Å²) >= 11 is 5.53. The molecule has 2 aromatic rings. The molecule has 0 aromatic heterocycles. The zero-order valence-corrected chi connectivity index (χ0v) is 13.0. The number of benzene rings is 2. The number of hydrogen-bond acceptors (Lipinski definition) is 2. The first-order chi connectivity index (χ1) is 9.24. The number of fused-ring (bicyclic) bond motifs is 1. The van der Waals surface area contributed by atoms with Gasteiger partial charge in [-0.2, -0.15) is 0 Å². The summed E-state index contributed by atoms with van der Waals surface area (Å²) in [5, 5.41) is 0.490. The number of thioether (sulfide) groups is 1. The van der Waals surface area contributed by atoms with Crippen LogP contribution in [-0.2, 0) is 12.8 Å². The molecule has 3 heteroatoms. The van der Waals surface area contributed by atoms with Crippen LogP contribution in [0.5, 0.6) is 0 Å². The molecule has 1 aliphatic heterocycles. The van der Waals surface area contributed by atoms with Gasteiger partial charge in [-0.15, -0.1) is 11.8 Å². The highest BCUT2D eigenvalue weighted by Crippen LogP contribution is 2.38. The molecule has 0 fully saturated rings. The molecular weight excluding hydrogens is 318 g/mol. The van der Waals surface area contributed by atoms with Gasteiger partial charge in [0.25, 0.3) is 0 Å². The van der Waals surface area contributed by atoms with E-state index in [4.69, 9.17) is 5.73 Å². The zero-order valence-electron chi connectivity index (χ0n) is 10.6. The molecule has 1 heterocycles. The van der Waals surface area contributed by atoms with Crippen LogP contribution in [0.3, 0.4) is 0 Å². The van der Waals surface area contributed by atoms with Crippen LogP contribution in [0.1, 0.15) is 11.1 Å². The predicted octanol–water partition coefficient (Wildman–Crippen LogP) is 4.04. The fourth-order valence-electron chi connectivity index (χ4n) is 2.50. The lowest BCUT2D eigenvalue weighted by Crippen LogP contribution is -2.34. The van der Waals surface area contributed by atoms with E-state index in [1.54, 1.807) is 0 Å². The van der Waals surface area contributed by atoms with E-state index in [0.29, 0.717) is 5.25 Å². The van der Waals surface area contributed by atoms with Gasteiger partial charge in [0.15, 0.2) is 0 Å². The standard InChI is InChI=1S/C16H16BrNS/c17-13-7-3-1-5-11(13)9-14(18)16-10-12-6-2-4-8-15(12)19-16/h1-8,14,16H,9-10,18H2. The highest BCUT2D eigenvalue weighted by Gasteiger charge is 2.27. The normalized spacial score (nSPS) is 19.2. The molecule has 1 aliphatic rings. The van der Waals surface area contributed by atoms with Gasteiger partial charge in [-0.1, -0.05) is 52.3 Å². The summed E-state index contributed by atoms with van der Waals surface area (Å²) in [7, 11) is 0. The highest BCUT2D eigenvalue weighted by molar-refractivity contribution is 9.10. The van der Waals surface area contributed by atoms with Crippen molar-refractivity contribution in [3.05, 3.63) is 64.1 Å². The third-order valence-electron chi connectivity index (χ3n) is 3.56. The average Bonchev–Trinajstić information content (AvgIpc) is 2.85. The van der Waals surface area contributed by atoms with Crippen LogP contribution in [0.25, 0.3) is 0 Å². The minimum absolute atomic E-state index is 0.191. The van der Waals surface area contributed by atoms with E-state index in [1.807, 2.05) is 17.8 Å². The van der Waals surface area contributed by atoms with Crippen molar-refractivity contribution in [2.45, 2.75) is 29.0 Å². The van der Waals surface area contributed by atoms with Gasteiger partial charge in [-0.3, -0.25) is 0 Å². The van der Waals surface area contributed by atoms with Gasteiger partial charge in [-0.25, -0.2) is 0 Å². The minimum Gasteiger partial charge on any atom is -0.326 e. The van der Waals surface area contributed by atoms with E-state index < -0.39 is 0 Å². The molecule has 0 amide bonds. The van der Waals surface area contributed by atoms with Gasteiger partial charge >= 0.3 is 0 Å². The molecule has 0 saturated carbocycles. The molecule has 3 rings (SSSR count). The first-order valence-corrected chi connectivity index (χ1v) is 8.15. The van der Waals surface area contributed by atoms with Gasteiger partial charge in [0.1, 0.15) is 0 Å². The quantitative estimate of drug-likeness (QED) is 0.917. The van der Waals surface area contributed by atoms with Gasteiger partial charge in [0.05, 0.1) is 0 Å². The Labute approximate surface area is 126 Å². The number of hydrogen-bond donors (Lipinski definition) is 1. The van der Waals surface area contributed by atoms with Crippen LogP contribution < -0.4 is 5.73 Å². The van der Waals surface area contributed by atoms with Crippen LogP contribution in [0.4, 0.5) is 0 Å². The second kappa shape index (κ2) is 5.70. The molecule has 1 nitrogen and oxygen atoms in total. The third kappa shape index (κ3) is 2.88. The van der Waals surface area contributed by atoms with Gasteiger partial charge in [-0.05, 0) is 36.1 Å². The second-order valence-electron chi connectivity index (χ2n) is 4.93. The summed E-state index contributed by atoms with van der Waals surface area (Å²) in [6.07, 6.45) is 2.01. The predicted molar refractivity (Wildman–Crippen MR) is 85.6 cm³/mol. The van der Waals surface area contributed by atoms with E-state index >= 15 is 0 Å². The zero-order chi connectivity index (χ0) is 13.2. The van der Waals surface area contributed by atoms with Crippen LogP contribution in [0.2, 0.25) is 0 Å². The average molecular weight is 334 g/mol. The van der Waals surface area contributed by atoms with Crippen molar-refractivity contribution in [1.29, 1.82) is 0 Å². The summed E-state index contributed by atoms with van der Waals surface area (Å²) in [6.45, 7) is 0. The molecule has 0 saturated heterocycles. The lowest BCUT2D eigenvalue weighted by molar-refractivity contribution is 0.631. The first-order valence-electron chi connectivity index (χ1n) is 6.47. The molecule has 2 N–H and O–H groups in total. The van der Waals surface area contributed by atoms with Crippen molar-refractivity contribution in [3.63, 3.8) is 0 Å². The molecule has 19 heavy (non-hydrogen) atoms. The third-order valence-corrected chi connectivity index (χ3v) is 5.81. The van der Waals surface area contributed by atoms with E-state index in [9.17, 15) is 0 Å². The van der Waals surface area contributed by atoms with E-state index in [2.05, 4.69) is 58.4 Å². The maximum Gasteiger partial charge on any atom is 0.0290 e. The molecule has 98 valence electrons. The summed E-state index contributed by atoms with van der Waals surface area (Å²) in [5.74, 6) is 0. The molecule has 2 atom stereocenters. The van der Waals surface area contributed by atoms with Gasteiger partial charge < -0.3 is 5.73 Å². The Balaban J connectivity index is 1.70. The molecule has 0 radical (unpaired) electrons. The smallest absolute Gasteiger partial charge is 0.0290 e. The summed E-state index contributed by atoms with van der Waals surface area (Å²) in [4.78, 5) is 1.40. The Bertz CT molecular complexity index is 559. The molecule has 2 aromatic carbocycles. The molecule has 0 spiro atoms. The maximum atomic E-state index is 6.42. The van der Waals surface area contributed by atoms with Crippen molar-refractivity contribution in [2.24, 2.45) is 5.73 Å². The van der Waals surface area contributed by atoms with Gasteiger partial charge in [0.2, 0.25) is 0 Å². The molecule has 0 bridgehead atoms. The summed E-state index contributed by atoms with van der Waals surface area (Å²) < 4.78 is 1.16. The van der Waals surface area contributed by atoms with Crippen LogP contribution >= 0.6 is 27.7 Å². The number of rotatable bonds is 3. The lowest BCUT2D eigenvalue weighted by atomic mass is 10.00. The van der Waals surface area contributed by atoms with E-state index in [1.165, 1.54) is 16.0 Å². The highest BCUT2D eigenvalue weighted by atomic mass is 79.9. The second-order valence-corrected chi connectivity index (χ2v) is 7.06. The largest absolute Gasteiger partial charge is 0.326 e. The number of halogens is 1. The van der Waals surface area contributed by atoms with E-state index in [-0.39, 0.29) is 6.04 Å². The molecule has 2 unspecified atom stereocenters. The molecular formula is C16H16BrNS. The fraction of sp³-hybridized carbons (Fsp3) is 0.250. The molecule has 0 aliphatic carbocycles. The van der Waals surface area contributed by atoms with Crippen molar-refractivity contribution in [2.75, 3.05) is 0 Å². The maximum absolute atomic E-state index is 6.42. The first kappa shape index (κ1) is 13.2. The fourth-order valence-corrected chi connectivity index (χ4v) is 4.26. The van der Waals surface area contributed by atoms with Crippen LogP contribution in [0.15, 0.2) is 57.9 Å².